The molecule has 1 aromatic heterocycles. The Bertz CT molecular complexity index is 1110. The van der Waals surface area contributed by atoms with E-state index in [1.807, 2.05) is 6.20 Å². The molecule has 33 heavy (non-hydrogen) atoms. The van der Waals surface area contributed by atoms with Crippen molar-refractivity contribution in [2.24, 2.45) is 0 Å². The third-order valence-electron chi connectivity index (χ3n) is 4.64. The maximum absolute atomic E-state index is 10.6. The number of nitrogens with one attached hydrogen (secondary N) is 1. The first-order valence-electron chi connectivity index (χ1n) is 10.0. The van der Waals surface area contributed by atoms with Crippen LogP contribution in [0.25, 0.3) is 11.8 Å². The van der Waals surface area contributed by atoms with E-state index in [1.54, 1.807) is 10.9 Å². The number of hydrogen-bond donors (Lipinski definition) is 2. The molecule has 7 nitrogen and oxygen atoms in total. The zero-order chi connectivity index (χ0) is 24.1. The Balaban J connectivity index is 0.000000383. The average Bonchev–Trinajstić information content (AvgIpc) is 3.28. The molecule has 0 unspecified atom stereocenters. The third-order valence-corrected chi connectivity index (χ3v) is 4.64. The van der Waals surface area contributed by atoms with Gasteiger partial charge in [0.2, 0.25) is 0 Å². The van der Waals surface area contributed by atoms with Gasteiger partial charge in [0.15, 0.2) is 0 Å². The number of halogens is 3. The first-order chi connectivity index (χ1) is 15.5. The van der Waals surface area contributed by atoms with Crippen molar-refractivity contribution in [2.75, 3.05) is 0 Å². The number of hydrogen-bond acceptors (Lipinski definition) is 5. The Morgan fingerprint density at radius 2 is 1.76 bits per heavy atom. The molecule has 0 atom stereocenters. The largest absolute Gasteiger partial charge is 0.490 e. The average molecular weight is 460 g/mol. The van der Waals surface area contributed by atoms with Crippen molar-refractivity contribution in [1.29, 1.82) is 0 Å². The number of aliphatic carboxylic acids is 1. The molecule has 0 amide bonds. The third kappa shape index (κ3) is 6.91. The van der Waals surface area contributed by atoms with Gasteiger partial charge in [-0.25, -0.2) is 9.48 Å². The van der Waals surface area contributed by atoms with Crippen LogP contribution in [0.2, 0.25) is 0 Å². The lowest BCUT2D eigenvalue weighted by Crippen LogP contribution is -2.27. The summed E-state index contributed by atoms with van der Waals surface area (Å²) in [5.41, 5.74) is 4.40. The van der Waals surface area contributed by atoms with Crippen molar-refractivity contribution in [2.45, 2.75) is 38.7 Å². The number of nitrogens with zero attached hydrogens (tertiary/aromatic N) is 3. The second kappa shape index (κ2) is 9.86. The van der Waals surface area contributed by atoms with Crippen LogP contribution in [-0.4, -0.2) is 37.8 Å². The van der Waals surface area contributed by atoms with Crippen molar-refractivity contribution in [3.8, 4) is 11.4 Å². The van der Waals surface area contributed by atoms with Crippen LogP contribution < -0.4 is 10.1 Å². The molecule has 0 spiro atoms. The Hall–Kier alpha value is -3.66. The van der Waals surface area contributed by atoms with Crippen LogP contribution in [0.1, 0.15) is 30.5 Å². The number of alkyl halides is 3. The molecule has 174 valence electrons. The molecule has 0 saturated heterocycles. The maximum Gasteiger partial charge on any atom is 0.490 e. The van der Waals surface area contributed by atoms with Crippen molar-refractivity contribution in [3.63, 3.8) is 0 Å². The highest BCUT2D eigenvalue weighted by molar-refractivity contribution is 5.73. The predicted molar refractivity (Wildman–Crippen MR) is 116 cm³/mol. The molecular weight excluding hydrogens is 437 g/mol. The number of carbonyl (C=O) groups is 1. The van der Waals surface area contributed by atoms with Crippen LogP contribution in [0, 0.1) is 0 Å². The molecule has 2 N–H and O–H groups in total. The van der Waals surface area contributed by atoms with E-state index in [2.05, 4.69) is 84.1 Å². The highest BCUT2D eigenvalue weighted by atomic mass is 19.4. The summed E-state index contributed by atoms with van der Waals surface area (Å²) in [6.45, 7) is 5.76. The summed E-state index contributed by atoms with van der Waals surface area (Å²) in [5, 5.41) is 18.4. The standard InChI is InChI=1S/C21H22N4O.C2HF3O2/c1-21(2)10-9-18-13-17(5-8-20(18)26-21)15-22-14-16-3-6-19(7-4-16)25-12-11-23-24-25;3-2(4,5)1(6)7/h3-13,22H,14-15H2,1-2H3;(H,6,7). The lowest BCUT2D eigenvalue weighted by atomic mass is 10.0. The minimum absolute atomic E-state index is 0.231. The minimum Gasteiger partial charge on any atom is -0.483 e. The van der Waals surface area contributed by atoms with Gasteiger partial charge in [-0.15, -0.1) is 5.10 Å². The van der Waals surface area contributed by atoms with Crippen molar-refractivity contribution < 1.29 is 27.8 Å². The van der Waals surface area contributed by atoms with E-state index in [1.165, 1.54) is 11.1 Å². The fraction of sp³-hybridized carbons (Fsp3) is 0.261. The monoisotopic (exact) mass is 460 g/mol. The van der Waals surface area contributed by atoms with Gasteiger partial charge >= 0.3 is 12.1 Å². The molecular formula is C23H23F3N4O3. The van der Waals surface area contributed by atoms with E-state index in [-0.39, 0.29) is 5.60 Å². The van der Waals surface area contributed by atoms with Crippen LogP contribution in [0.3, 0.4) is 0 Å². The van der Waals surface area contributed by atoms with Crippen LogP contribution in [0.5, 0.6) is 5.75 Å². The fourth-order valence-corrected chi connectivity index (χ4v) is 3.00. The summed E-state index contributed by atoms with van der Waals surface area (Å²) in [6, 6.07) is 14.7. The van der Waals surface area contributed by atoms with E-state index < -0.39 is 12.1 Å². The molecule has 10 heteroatoms. The van der Waals surface area contributed by atoms with Crippen molar-refractivity contribution >= 4 is 12.0 Å². The molecule has 1 aliphatic heterocycles. The fourth-order valence-electron chi connectivity index (χ4n) is 3.00. The van der Waals surface area contributed by atoms with Gasteiger partial charge in [-0.05, 0) is 55.3 Å². The van der Waals surface area contributed by atoms with Gasteiger partial charge in [-0.2, -0.15) is 13.2 Å². The molecule has 0 bridgehead atoms. The summed E-state index contributed by atoms with van der Waals surface area (Å²) in [7, 11) is 0. The number of aromatic nitrogens is 3. The molecule has 3 aromatic rings. The van der Waals surface area contributed by atoms with E-state index >= 15 is 0 Å². The Morgan fingerprint density at radius 3 is 2.36 bits per heavy atom. The molecule has 0 saturated carbocycles. The quantitative estimate of drug-likeness (QED) is 0.588. The highest BCUT2D eigenvalue weighted by Crippen LogP contribution is 2.31. The van der Waals surface area contributed by atoms with Crippen molar-refractivity contribution in [3.05, 3.63) is 77.6 Å². The summed E-state index contributed by atoms with van der Waals surface area (Å²) in [4.78, 5) is 8.90. The summed E-state index contributed by atoms with van der Waals surface area (Å²) in [6.07, 6.45) is 2.67. The van der Waals surface area contributed by atoms with E-state index in [4.69, 9.17) is 14.6 Å². The number of ether oxygens (including phenoxy) is 1. The Kier molecular flexibility index (Phi) is 7.17. The lowest BCUT2D eigenvalue weighted by Gasteiger charge is -2.28. The van der Waals surface area contributed by atoms with Gasteiger partial charge in [0.05, 0.1) is 18.1 Å². The molecule has 2 heterocycles. The summed E-state index contributed by atoms with van der Waals surface area (Å²) >= 11 is 0. The van der Waals surface area contributed by atoms with Gasteiger partial charge in [0.1, 0.15) is 11.4 Å². The molecule has 0 radical (unpaired) electrons. The normalized spacial score (nSPS) is 14.0. The number of carboxylic acids is 1. The Morgan fingerprint density at radius 1 is 1.12 bits per heavy atom. The van der Waals surface area contributed by atoms with Gasteiger partial charge in [0.25, 0.3) is 0 Å². The van der Waals surface area contributed by atoms with E-state index in [9.17, 15) is 13.2 Å². The van der Waals surface area contributed by atoms with Crippen LogP contribution in [0.4, 0.5) is 13.2 Å². The Labute approximate surface area is 188 Å². The van der Waals surface area contributed by atoms with Crippen LogP contribution in [0.15, 0.2) is 60.9 Å². The zero-order valence-electron chi connectivity index (χ0n) is 18.0. The highest BCUT2D eigenvalue weighted by Gasteiger charge is 2.38. The van der Waals surface area contributed by atoms with Gasteiger partial charge in [-0.1, -0.05) is 29.5 Å². The number of fused-ring (bicyclic) bond motifs is 1. The van der Waals surface area contributed by atoms with Crippen LogP contribution in [-0.2, 0) is 17.9 Å². The number of benzene rings is 2. The first kappa shape index (κ1) is 24.0. The lowest BCUT2D eigenvalue weighted by molar-refractivity contribution is -0.192. The van der Waals surface area contributed by atoms with Gasteiger partial charge in [0, 0.05) is 18.7 Å². The van der Waals surface area contributed by atoms with E-state index in [0.717, 1.165) is 30.1 Å². The zero-order valence-corrected chi connectivity index (χ0v) is 18.0. The molecule has 0 aliphatic carbocycles. The first-order valence-corrected chi connectivity index (χ1v) is 10.0. The molecule has 4 rings (SSSR count). The second-order valence-electron chi connectivity index (χ2n) is 7.83. The minimum atomic E-state index is -5.08. The number of carboxylic acid groups (broad SMARTS) is 1. The smallest absolute Gasteiger partial charge is 0.483 e. The maximum atomic E-state index is 10.6. The second-order valence-corrected chi connectivity index (χ2v) is 7.83. The number of rotatable bonds is 5. The topological polar surface area (TPSA) is 89.3 Å². The van der Waals surface area contributed by atoms with E-state index in [0.29, 0.717) is 0 Å². The molecule has 2 aromatic carbocycles. The molecule has 1 aliphatic rings. The molecule has 0 fully saturated rings. The van der Waals surface area contributed by atoms with Gasteiger partial charge < -0.3 is 15.2 Å². The van der Waals surface area contributed by atoms with Crippen LogP contribution >= 0.6 is 0 Å². The predicted octanol–water partition coefficient (Wildman–Crippen LogP) is 4.37. The summed E-state index contributed by atoms with van der Waals surface area (Å²) in [5.74, 6) is -1.81. The SMILES string of the molecule is CC1(C)C=Cc2cc(CNCc3ccc(-n4ccnn4)cc3)ccc2O1.O=C(O)C(F)(F)F. The van der Waals surface area contributed by atoms with Gasteiger partial charge in [-0.3, -0.25) is 0 Å². The summed E-state index contributed by atoms with van der Waals surface area (Å²) < 4.78 is 39.5. The van der Waals surface area contributed by atoms with Crippen molar-refractivity contribution in [1.82, 2.24) is 20.3 Å².